The molecular weight excluding hydrogens is 587 g/mol. The molecule has 2 aromatic carbocycles. The van der Waals surface area contributed by atoms with Gasteiger partial charge in [0, 0.05) is 31.4 Å². The van der Waals surface area contributed by atoms with E-state index in [-0.39, 0.29) is 35.4 Å². The minimum Gasteiger partial charge on any atom is -0.336 e. The van der Waals surface area contributed by atoms with Gasteiger partial charge in [-0.3, -0.25) is 19.6 Å². The zero-order valence-corrected chi connectivity index (χ0v) is 24.9. The Morgan fingerprint density at radius 3 is 2.69 bits per heavy atom. The second kappa shape index (κ2) is 10.4. The molecule has 4 aliphatic rings. The normalized spacial score (nSPS) is 25.4. The lowest BCUT2D eigenvalue weighted by atomic mass is 9.58. The Labute approximate surface area is 257 Å². The third-order valence-corrected chi connectivity index (χ3v) is 9.05. The van der Waals surface area contributed by atoms with Gasteiger partial charge in [-0.25, -0.2) is 0 Å². The average molecular weight is 620 g/mol. The Balaban J connectivity index is 1.19. The summed E-state index contributed by atoms with van der Waals surface area (Å²) in [7, 11) is 1.90. The fraction of sp³-hybridized carbons (Fsp3) is 0.387. The first kappa shape index (κ1) is 29.0. The summed E-state index contributed by atoms with van der Waals surface area (Å²) in [5.41, 5.74) is 3.74. The van der Waals surface area contributed by atoms with Crippen LogP contribution in [0.15, 0.2) is 59.7 Å². The van der Waals surface area contributed by atoms with Gasteiger partial charge >= 0.3 is 6.18 Å². The molecule has 0 spiro atoms. The van der Waals surface area contributed by atoms with Gasteiger partial charge in [-0.1, -0.05) is 19.1 Å². The van der Waals surface area contributed by atoms with E-state index < -0.39 is 30.0 Å². The zero-order valence-electron chi connectivity index (χ0n) is 24.9. The maximum absolute atomic E-state index is 14.5. The van der Waals surface area contributed by atoms with E-state index in [0.29, 0.717) is 23.0 Å². The molecule has 0 radical (unpaired) electrons. The molecule has 3 N–H and O–H groups in total. The molecule has 7 rings (SSSR count). The number of amides is 2. The first-order valence-electron chi connectivity index (χ1n) is 14.8. The Kier molecular flexibility index (Phi) is 6.73. The minimum absolute atomic E-state index is 0.0356. The molecule has 234 valence electrons. The first-order valence-corrected chi connectivity index (χ1v) is 14.8. The average Bonchev–Trinajstić information content (AvgIpc) is 3.67. The van der Waals surface area contributed by atoms with Gasteiger partial charge in [-0.15, -0.1) is 10.2 Å². The van der Waals surface area contributed by atoms with Crippen LogP contribution in [-0.2, 0) is 36.4 Å². The molecule has 2 fully saturated rings. The fourth-order valence-electron chi connectivity index (χ4n) is 7.18. The van der Waals surface area contributed by atoms with Crippen LogP contribution in [0.1, 0.15) is 65.1 Å². The number of rotatable bonds is 6. The Morgan fingerprint density at radius 1 is 1.20 bits per heavy atom. The molecule has 45 heavy (non-hydrogen) atoms. The summed E-state index contributed by atoms with van der Waals surface area (Å²) < 4.78 is 45.4. The topological polar surface area (TPSA) is 120 Å². The maximum Gasteiger partial charge on any atom is 0.416 e. The molecule has 3 aliphatic heterocycles. The maximum atomic E-state index is 14.5. The molecule has 2 atom stereocenters. The highest BCUT2D eigenvalue weighted by atomic mass is 19.4. The van der Waals surface area contributed by atoms with Crippen molar-refractivity contribution < 1.29 is 22.8 Å². The van der Waals surface area contributed by atoms with Gasteiger partial charge in [-0.05, 0) is 66.1 Å². The van der Waals surface area contributed by atoms with Crippen LogP contribution in [0, 0.1) is 5.92 Å². The largest absolute Gasteiger partial charge is 0.416 e. The van der Waals surface area contributed by atoms with Crippen molar-refractivity contribution in [1.82, 2.24) is 35.8 Å². The molecule has 1 aromatic heterocycles. The number of nitrogens with one attached hydrogen (secondary N) is 3. The van der Waals surface area contributed by atoms with Crippen LogP contribution in [0.25, 0.3) is 0 Å². The van der Waals surface area contributed by atoms with Crippen molar-refractivity contribution in [2.75, 3.05) is 4.90 Å². The highest BCUT2D eigenvalue weighted by molar-refractivity contribution is 6.10. The van der Waals surface area contributed by atoms with E-state index in [1.165, 1.54) is 11.8 Å². The number of hydrogen-bond donors (Lipinski definition) is 3. The molecule has 1 saturated heterocycles. The lowest BCUT2D eigenvalue weighted by molar-refractivity contribution is -0.138. The third-order valence-electron chi connectivity index (χ3n) is 9.05. The van der Waals surface area contributed by atoms with Gasteiger partial charge in [0.25, 0.3) is 5.91 Å². The molecule has 14 heteroatoms. The molecule has 2 amide bonds. The molecule has 11 nitrogen and oxygen atoms in total. The Hall–Kier alpha value is -4.72. The van der Waals surface area contributed by atoms with Crippen molar-refractivity contribution in [3.63, 3.8) is 0 Å². The van der Waals surface area contributed by atoms with Crippen LogP contribution in [0.5, 0.6) is 0 Å². The highest BCUT2D eigenvalue weighted by Crippen LogP contribution is 2.52. The minimum atomic E-state index is -4.66. The van der Waals surface area contributed by atoms with Crippen LogP contribution >= 0.6 is 0 Å². The van der Waals surface area contributed by atoms with Crippen molar-refractivity contribution in [3.8, 4) is 0 Å². The SMILES string of the molecule is CC(=O)N[C@@H]1NC2=CN=C[C@H](Cc3cc4c(c(C(F)(F)F)c3)CN(c3cccc(C5(c6nncn6C)CC(C)C5)c3)C4=O)N2N1. The van der Waals surface area contributed by atoms with E-state index >= 15 is 0 Å². The number of benzene rings is 2. The van der Waals surface area contributed by atoms with Crippen molar-refractivity contribution in [1.29, 1.82) is 0 Å². The van der Waals surface area contributed by atoms with Gasteiger partial charge in [-0.2, -0.15) is 18.6 Å². The predicted octanol–water partition coefficient (Wildman–Crippen LogP) is 3.33. The summed E-state index contributed by atoms with van der Waals surface area (Å²) in [6.07, 6.45) is 1.43. The van der Waals surface area contributed by atoms with Crippen molar-refractivity contribution in [2.24, 2.45) is 18.0 Å². The second-order valence-electron chi connectivity index (χ2n) is 12.3. The van der Waals surface area contributed by atoms with Gasteiger partial charge in [0.15, 0.2) is 6.29 Å². The number of halogens is 3. The van der Waals surface area contributed by atoms with Crippen LogP contribution in [0.2, 0.25) is 0 Å². The lowest BCUT2D eigenvalue weighted by Crippen LogP contribution is -2.51. The van der Waals surface area contributed by atoms with Gasteiger partial charge in [0.2, 0.25) is 5.91 Å². The van der Waals surface area contributed by atoms with E-state index in [1.807, 2.05) is 29.8 Å². The number of aromatic nitrogens is 3. The number of aryl methyl sites for hydroxylation is 1. The smallest absolute Gasteiger partial charge is 0.336 e. The van der Waals surface area contributed by atoms with Gasteiger partial charge in [0.1, 0.15) is 18.0 Å². The van der Waals surface area contributed by atoms with Crippen molar-refractivity contribution >= 4 is 23.7 Å². The summed E-state index contributed by atoms with van der Waals surface area (Å²) in [5.74, 6) is 1.13. The van der Waals surface area contributed by atoms with Crippen LogP contribution < -0.4 is 21.0 Å². The van der Waals surface area contributed by atoms with Crippen molar-refractivity contribution in [2.45, 2.75) is 63.6 Å². The van der Waals surface area contributed by atoms with Crippen molar-refractivity contribution in [3.05, 3.63) is 88.4 Å². The fourth-order valence-corrected chi connectivity index (χ4v) is 7.18. The number of carbonyl (C=O) groups is 2. The molecule has 1 aliphatic carbocycles. The molecular formula is C31H32F3N9O2. The summed E-state index contributed by atoms with van der Waals surface area (Å²) in [4.78, 5) is 31.0. The monoisotopic (exact) mass is 619 g/mol. The van der Waals surface area contributed by atoms with E-state index in [2.05, 4.69) is 38.2 Å². The molecule has 4 heterocycles. The highest BCUT2D eigenvalue weighted by Gasteiger charge is 2.48. The van der Waals surface area contributed by atoms with Gasteiger partial charge in [0.05, 0.1) is 29.8 Å². The number of carbonyl (C=O) groups excluding carboxylic acids is 2. The third kappa shape index (κ3) is 4.93. The quantitative estimate of drug-likeness (QED) is 0.387. The number of nitrogens with zero attached hydrogens (tertiary/aromatic N) is 6. The number of alkyl halides is 3. The van der Waals surface area contributed by atoms with E-state index in [4.69, 9.17) is 0 Å². The first-order chi connectivity index (χ1) is 21.4. The number of hydrazine groups is 1. The predicted molar refractivity (Wildman–Crippen MR) is 158 cm³/mol. The Morgan fingerprint density at radius 2 is 2.00 bits per heavy atom. The summed E-state index contributed by atoms with van der Waals surface area (Å²) >= 11 is 0. The number of anilines is 1. The molecule has 0 bridgehead atoms. The number of fused-ring (bicyclic) bond motifs is 2. The van der Waals surface area contributed by atoms with Crippen LogP contribution in [-0.4, -0.2) is 50.1 Å². The standard InChI is InChI=1S/C31H32F3N9O2/c1-17-11-30(12-17,28-39-36-16-41(28)3)20-5-4-6-21(10-20)42-15-24-23(27(42)45)8-19(9-25(24)31(32,33)34)7-22-13-35-14-26-38-29(37-18(2)44)40-43(22)26/h4-6,8-10,13-14,16-17,22,29,38,40H,7,11-12,15H2,1-3H3,(H,37,44)/t17?,22-,29+,30?/m0/s1. The number of hydrogen-bond acceptors (Lipinski definition) is 8. The van der Waals surface area contributed by atoms with Crippen LogP contribution in [0.4, 0.5) is 18.9 Å². The second-order valence-corrected chi connectivity index (χ2v) is 12.3. The van der Waals surface area contributed by atoms with E-state index in [0.717, 1.165) is 30.3 Å². The number of aliphatic imine (C=N–C) groups is 1. The van der Waals surface area contributed by atoms with E-state index in [9.17, 15) is 22.8 Å². The summed E-state index contributed by atoms with van der Waals surface area (Å²) in [6.45, 7) is 3.36. The molecule has 0 unspecified atom stereocenters. The molecule has 1 saturated carbocycles. The summed E-state index contributed by atoms with van der Waals surface area (Å²) in [6, 6.07) is 9.72. The van der Waals surface area contributed by atoms with E-state index in [1.54, 1.807) is 35.9 Å². The lowest BCUT2D eigenvalue weighted by Gasteiger charge is -2.46. The zero-order chi connectivity index (χ0) is 31.7. The van der Waals surface area contributed by atoms with Gasteiger partial charge < -0.3 is 20.1 Å². The molecule has 3 aromatic rings. The Bertz CT molecular complexity index is 1760. The summed E-state index contributed by atoms with van der Waals surface area (Å²) in [5, 5.41) is 15.9. The van der Waals surface area contributed by atoms with Crippen LogP contribution in [0.3, 0.4) is 0 Å².